The minimum absolute atomic E-state index is 0.0228. The van der Waals surface area contributed by atoms with Crippen LogP contribution in [0.2, 0.25) is 0 Å². The van der Waals surface area contributed by atoms with Gasteiger partial charge in [0.1, 0.15) is 18.1 Å². The van der Waals surface area contributed by atoms with Crippen LogP contribution in [0, 0.1) is 0 Å². The van der Waals surface area contributed by atoms with Crippen LogP contribution in [0.4, 0.5) is 0 Å². The van der Waals surface area contributed by atoms with Crippen LogP contribution in [0.5, 0.6) is 11.5 Å². The quantitative estimate of drug-likeness (QED) is 0.380. The molecule has 33 heavy (non-hydrogen) atoms. The zero-order chi connectivity index (χ0) is 23.2. The lowest BCUT2D eigenvalue weighted by atomic mass is 10.2. The average molecular weight is 444 g/mol. The van der Waals surface area contributed by atoms with E-state index in [2.05, 4.69) is 10.1 Å². The first-order valence-electron chi connectivity index (χ1n) is 10.3. The van der Waals surface area contributed by atoms with Gasteiger partial charge in [-0.3, -0.25) is 9.63 Å². The van der Waals surface area contributed by atoms with Crippen molar-refractivity contribution in [1.29, 1.82) is 0 Å². The standard InChI is InChI=1S/C25H24N4O4/c1-28(32-3)25(30)23-26-24(29(27-23)20-11-15-21(31-2)16-12-20)19-9-13-22(14-10-19)33-17-18-7-5-4-6-8-18/h4-16H,17H2,1-3H3. The summed E-state index contributed by atoms with van der Waals surface area (Å²) >= 11 is 0. The molecule has 3 aromatic carbocycles. The van der Waals surface area contributed by atoms with Gasteiger partial charge in [0.15, 0.2) is 5.82 Å². The Bertz CT molecular complexity index is 1210. The first-order valence-corrected chi connectivity index (χ1v) is 10.3. The number of amides is 1. The molecule has 1 aromatic heterocycles. The third-order valence-corrected chi connectivity index (χ3v) is 5.04. The molecule has 1 heterocycles. The van der Waals surface area contributed by atoms with Gasteiger partial charge in [0.05, 0.1) is 19.9 Å². The molecule has 4 rings (SSSR count). The third kappa shape index (κ3) is 5.02. The van der Waals surface area contributed by atoms with E-state index in [1.807, 2.05) is 78.9 Å². The van der Waals surface area contributed by atoms with E-state index < -0.39 is 5.91 Å². The van der Waals surface area contributed by atoms with Gasteiger partial charge >= 0.3 is 5.91 Å². The number of methoxy groups -OCH3 is 1. The summed E-state index contributed by atoms with van der Waals surface area (Å²) in [5, 5.41) is 5.52. The predicted molar refractivity (Wildman–Crippen MR) is 123 cm³/mol. The monoisotopic (exact) mass is 444 g/mol. The zero-order valence-corrected chi connectivity index (χ0v) is 18.6. The highest BCUT2D eigenvalue weighted by Crippen LogP contribution is 2.25. The van der Waals surface area contributed by atoms with Gasteiger partial charge in [-0.1, -0.05) is 30.3 Å². The molecule has 0 aliphatic rings. The van der Waals surface area contributed by atoms with Crippen LogP contribution in [-0.4, -0.2) is 47.0 Å². The van der Waals surface area contributed by atoms with E-state index in [4.69, 9.17) is 14.3 Å². The number of hydroxylamine groups is 2. The number of benzene rings is 3. The van der Waals surface area contributed by atoms with Gasteiger partial charge in [0.2, 0.25) is 5.82 Å². The summed E-state index contributed by atoms with van der Waals surface area (Å²) in [6, 6.07) is 24.8. The van der Waals surface area contributed by atoms with E-state index in [1.165, 1.54) is 14.2 Å². The zero-order valence-electron chi connectivity index (χ0n) is 18.6. The summed E-state index contributed by atoms with van der Waals surface area (Å²) in [5.74, 6) is 1.54. The van der Waals surface area contributed by atoms with Crippen molar-refractivity contribution in [3.63, 3.8) is 0 Å². The minimum atomic E-state index is -0.450. The molecule has 0 saturated heterocycles. The molecule has 1 amide bonds. The Kier molecular flexibility index (Phi) is 6.66. The van der Waals surface area contributed by atoms with Gasteiger partial charge in [-0.15, -0.1) is 5.10 Å². The van der Waals surface area contributed by atoms with Gasteiger partial charge in [0.25, 0.3) is 0 Å². The van der Waals surface area contributed by atoms with Crippen molar-refractivity contribution < 1.29 is 19.1 Å². The second-order valence-electron chi connectivity index (χ2n) is 7.15. The molecule has 0 atom stereocenters. The fourth-order valence-electron chi connectivity index (χ4n) is 3.16. The summed E-state index contributed by atoms with van der Waals surface area (Å²) in [7, 11) is 4.52. The van der Waals surface area contributed by atoms with Crippen LogP contribution in [0.25, 0.3) is 17.1 Å². The van der Waals surface area contributed by atoms with Crippen molar-refractivity contribution in [3.8, 4) is 28.6 Å². The largest absolute Gasteiger partial charge is 0.497 e. The average Bonchev–Trinajstić information content (AvgIpc) is 3.33. The molecular weight excluding hydrogens is 420 g/mol. The fraction of sp³-hybridized carbons (Fsp3) is 0.160. The van der Waals surface area contributed by atoms with Crippen molar-refractivity contribution in [2.24, 2.45) is 0 Å². The van der Waals surface area contributed by atoms with Crippen molar-refractivity contribution in [2.45, 2.75) is 6.61 Å². The van der Waals surface area contributed by atoms with Gasteiger partial charge in [0, 0.05) is 12.6 Å². The number of carbonyl (C=O) groups is 1. The lowest BCUT2D eigenvalue weighted by Crippen LogP contribution is -2.26. The van der Waals surface area contributed by atoms with Crippen LogP contribution in [0.1, 0.15) is 16.2 Å². The first kappa shape index (κ1) is 22.0. The molecule has 0 aliphatic carbocycles. The Hall–Kier alpha value is -4.17. The summed E-state index contributed by atoms with van der Waals surface area (Å²) in [6.45, 7) is 0.476. The van der Waals surface area contributed by atoms with Gasteiger partial charge < -0.3 is 9.47 Å². The number of carbonyl (C=O) groups excluding carboxylic acids is 1. The molecule has 0 aliphatic heterocycles. The second kappa shape index (κ2) is 9.97. The van der Waals surface area contributed by atoms with E-state index in [1.54, 1.807) is 11.8 Å². The molecule has 0 N–H and O–H groups in total. The van der Waals surface area contributed by atoms with Gasteiger partial charge in [-0.05, 0) is 54.1 Å². The van der Waals surface area contributed by atoms with Crippen LogP contribution < -0.4 is 9.47 Å². The highest BCUT2D eigenvalue weighted by atomic mass is 16.7. The molecular formula is C25H24N4O4. The summed E-state index contributed by atoms with van der Waals surface area (Å²) < 4.78 is 12.7. The number of hydrogen-bond acceptors (Lipinski definition) is 6. The molecule has 0 bridgehead atoms. The maximum atomic E-state index is 12.6. The van der Waals surface area contributed by atoms with Gasteiger partial charge in [-0.2, -0.15) is 0 Å². The lowest BCUT2D eigenvalue weighted by molar-refractivity contribution is -0.0764. The minimum Gasteiger partial charge on any atom is -0.497 e. The topological polar surface area (TPSA) is 78.7 Å². The summed E-state index contributed by atoms with van der Waals surface area (Å²) in [5.41, 5.74) is 2.61. The fourth-order valence-corrected chi connectivity index (χ4v) is 3.16. The Morgan fingerprint density at radius 3 is 2.21 bits per heavy atom. The van der Waals surface area contributed by atoms with Gasteiger partial charge in [-0.25, -0.2) is 14.7 Å². The van der Waals surface area contributed by atoms with Crippen molar-refractivity contribution in [2.75, 3.05) is 21.3 Å². The third-order valence-electron chi connectivity index (χ3n) is 5.04. The van der Waals surface area contributed by atoms with Crippen LogP contribution in [0.3, 0.4) is 0 Å². The van der Waals surface area contributed by atoms with Crippen molar-refractivity contribution in [3.05, 3.63) is 90.3 Å². The molecule has 168 valence electrons. The van der Waals surface area contributed by atoms with Crippen LogP contribution in [-0.2, 0) is 11.4 Å². The van der Waals surface area contributed by atoms with Crippen molar-refractivity contribution in [1.82, 2.24) is 19.8 Å². The Morgan fingerprint density at radius 2 is 1.58 bits per heavy atom. The molecule has 4 aromatic rings. The molecule has 0 saturated carbocycles. The maximum absolute atomic E-state index is 12.6. The summed E-state index contributed by atoms with van der Waals surface area (Å²) in [6.07, 6.45) is 0. The molecule has 8 nitrogen and oxygen atoms in total. The Balaban J connectivity index is 1.64. The van der Waals surface area contributed by atoms with Crippen molar-refractivity contribution >= 4 is 5.91 Å². The maximum Gasteiger partial charge on any atom is 0.316 e. The molecule has 8 heteroatoms. The molecule has 0 radical (unpaired) electrons. The number of nitrogens with zero attached hydrogens (tertiary/aromatic N) is 4. The summed E-state index contributed by atoms with van der Waals surface area (Å²) in [4.78, 5) is 22.1. The number of rotatable bonds is 8. The normalized spacial score (nSPS) is 10.6. The Morgan fingerprint density at radius 1 is 0.909 bits per heavy atom. The first-order chi connectivity index (χ1) is 16.1. The molecule has 0 spiro atoms. The Labute approximate surface area is 191 Å². The highest BCUT2D eigenvalue weighted by molar-refractivity contribution is 5.90. The number of hydrogen-bond donors (Lipinski definition) is 0. The van der Waals surface area contributed by atoms with E-state index in [-0.39, 0.29) is 5.82 Å². The van der Waals surface area contributed by atoms with E-state index in [0.717, 1.165) is 33.4 Å². The second-order valence-corrected chi connectivity index (χ2v) is 7.15. The predicted octanol–water partition coefficient (Wildman–Crippen LogP) is 4.16. The lowest BCUT2D eigenvalue weighted by Gasteiger charge is -2.10. The highest BCUT2D eigenvalue weighted by Gasteiger charge is 2.22. The SMILES string of the molecule is COc1ccc(-n2nc(C(=O)N(C)OC)nc2-c2ccc(OCc3ccccc3)cc2)cc1. The van der Waals surface area contributed by atoms with Crippen LogP contribution >= 0.6 is 0 Å². The number of ether oxygens (including phenoxy) is 2. The van der Waals surface area contributed by atoms with E-state index in [0.29, 0.717) is 12.4 Å². The number of aromatic nitrogens is 3. The molecule has 0 unspecified atom stereocenters. The van der Waals surface area contributed by atoms with E-state index in [9.17, 15) is 4.79 Å². The van der Waals surface area contributed by atoms with Crippen LogP contribution in [0.15, 0.2) is 78.9 Å². The molecule has 0 fully saturated rings. The van der Waals surface area contributed by atoms with E-state index >= 15 is 0 Å². The smallest absolute Gasteiger partial charge is 0.316 e.